The zero-order chi connectivity index (χ0) is 13.0. The van der Waals surface area contributed by atoms with E-state index in [1.807, 2.05) is 12.1 Å². The standard InChI is InChI=1S/C13H16ClNO2S/c14-12-6-4-10(18-12)5-7-13(17)15-11-3-1-2-9(11)8-16/h4-7,9,11,16H,1-3,8H2,(H,15,17)/b7-5+. The minimum absolute atomic E-state index is 0.107. The maximum absolute atomic E-state index is 11.7. The smallest absolute Gasteiger partial charge is 0.244 e. The second-order valence-corrected chi connectivity index (χ2v) is 6.21. The van der Waals surface area contributed by atoms with Gasteiger partial charge >= 0.3 is 0 Å². The van der Waals surface area contributed by atoms with Crippen LogP contribution in [0.5, 0.6) is 0 Å². The molecule has 1 aromatic heterocycles. The molecular weight excluding hydrogens is 270 g/mol. The molecule has 1 saturated carbocycles. The van der Waals surface area contributed by atoms with Crippen molar-refractivity contribution in [3.63, 3.8) is 0 Å². The maximum atomic E-state index is 11.7. The van der Waals surface area contributed by atoms with Gasteiger partial charge in [-0.1, -0.05) is 18.0 Å². The molecule has 2 N–H and O–H groups in total. The molecule has 1 fully saturated rings. The van der Waals surface area contributed by atoms with Gasteiger partial charge in [-0.15, -0.1) is 11.3 Å². The number of carbonyl (C=O) groups excluding carboxylic acids is 1. The van der Waals surface area contributed by atoms with Crippen LogP contribution in [-0.2, 0) is 4.79 Å². The molecule has 0 radical (unpaired) electrons. The van der Waals surface area contributed by atoms with Gasteiger partial charge in [-0.3, -0.25) is 4.79 Å². The molecule has 0 bridgehead atoms. The minimum atomic E-state index is -0.107. The van der Waals surface area contributed by atoms with E-state index >= 15 is 0 Å². The van der Waals surface area contributed by atoms with Gasteiger partial charge in [0.1, 0.15) is 0 Å². The van der Waals surface area contributed by atoms with Crippen LogP contribution in [-0.4, -0.2) is 23.7 Å². The fraction of sp³-hybridized carbons (Fsp3) is 0.462. The minimum Gasteiger partial charge on any atom is -0.396 e. The summed E-state index contributed by atoms with van der Waals surface area (Å²) in [5.74, 6) is 0.100. The highest BCUT2D eigenvalue weighted by Crippen LogP contribution is 2.25. The molecule has 98 valence electrons. The number of hydrogen-bond acceptors (Lipinski definition) is 3. The van der Waals surface area contributed by atoms with Crippen molar-refractivity contribution in [2.24, 2.45) is 5.92 Å². The molecule has 3 nitrogen and oxygen atoms in total. The van der Waals surface area contributed by atoms with Crippen molar-refractivity contribution in [2.45, 2.75) is 25.3 Å². The summed E-state index contributed by atoms with van der Waals surface area (Å²) >= 11 is 7.24. The highest BCUT2D eigenvalue weighted by molar-refractivity contribution is 7.17. The number of nitrogens with one attached hydrogen (secondary N) is 1. The topological polar surface area (TPSA) is 49.3 Å². The summed E-state index contributed by atoms with van der Waals surface area (Å²) < 4.78 is 0.714. The number of aliphatic hydroxyl groups excluding tert-OH is 1. The van der Waals surface area contributed by atoms with Gasteiger partial charge in [-0.25, -0.2) is 0 Å². The van der Waals surface area contributed by atoms with Crippen LogP contribution in [0.15, 0.2) is 18.2 Å². The van der Waals surface area contributed by atoms with Crippen LogP contribution in [0.3, 0.4) is 0 Å². The zero-order valence-corrected chi connectivity index (χ0v) is 11.5. The van der Waals surface area contributed by atoms with Crippen molar-refractivity contribution in [3.8, 4) is 0 Å². The Bertz CT molecular complexity index is 444. The summed E-state index contributed by atoms with van der Waals surface area (Å²) in [6.45, 7) is 0.148. The lowest BCUT2D eigenvalue weighted by Crippen LogP contribution is -2.37. The van der Waals surface area contributed by atoms with E-state index in [1.54, 1.807) is 6.08 Å². The van der Waals surface area contributed by atoms with Gasteiger partial charge in [0.2, 0.25) is 5.91 Å². The Morgan fingerprint density at radius 1 is 1.56 bits per heavy atom. The molecule has 1 amide bonds. The largest absolute Gasteiger partial charge is 0.396 e. The van der Waals surface area contributed by atoms with Crippen LogP contribution in [0.2, 0.25) is 4.34 Å². The summed E-state index contributed by atoms with van der Waals surface area (Å²) in [6, 6.07) is 3.80. The second-order valence-electron chi connectivity index (χ2n) is 4.46. The van der Waals surface area contributed by atoms with Crippen LogP contribution < -0.4 is 5.32 Å². The van der Waals surface area contributed by atoms with E-state index in [2.05, 4.69) is 5.32 Å². The number of rotatable bonds is 4. The van der Waals surface area contributed by atoms with Gasteiger partial charge in [0.15, 0.2) is 0 Å². The van der Waals surface area contributed by atoms with Crippen molar-refractivity contribution in [1.82, 2.24) is 5.32 Å². The molecular formula is C13H16ClNO2S. The third-order valence-corrected chi connectivity index (χ3v) is 4.41. The van der Waals surface area contributed by atoms with Gasteiger partial charge in [0.05, 0.1) is 4.34 Å². The molecule has 2 atom stereocenters. The second kappa shape index (κ2) is 6.36. The Labute approximate surface area is 115 Å². The first kappa shape index (κ1) is 13.6. The number of halogens is 1. The van der Waals surface area contributed by atoms with E-state index in [9.17, 15) is 9.90 Å². The SMILES string of the molecule is O=C(/C=C/c1ccc(Cl)s1)NC1CCCC1CO. The monoisotopic (exact) mass is 285 g/mol. The third kappa shape index (κ3) is 3.57. The van der Waals surface area contributed by atoms with E-state index < -0.39 is 0 Å². The predicted molar refractivity (Wildman–Crippen MR) is 74.7 cm³/mol. The Balaban J connectivity index is 1.86. The van der Waals surface area contributed by atoms with Gasteiger partial charge in [-0.2, -0.15) is 0 Å². The van der Waals surface area contributed by atoms with Crippen molar-refractivity contribution >= 4 is 34.9 Å². The van der Waals surface area contributed by atoms with E-state index in [0.29, 0.717) is 4.34 Å². The molecule has 2 rings (SSSR count). The summed E-state index contributed by atoms with van der Waals surface area (Å²) in [5.41, 5.74) is 0. The zero-order valence-electron chi connectivity index (χ0n) is 9.93. The van der Waals surface area contributed by atoms with Gasteiger partial charge < -0.3 is 10.4 Å². The fourth-order valence-electron chi connectivity index (χ4n) is 2.25. The summed E-state index contributed by atoms with van der Waals surface area (Å²) in [4.78, 5) is 12.7. The lowest BCUT2D eigenvalue weighted by molar-refractivity contribution is -0.117. The number of aliphatic hydroxyl groups is 1. The fourth-order valence-corrected chi connectivity index (χ4v) is 3.22. The average molecular weight is 286 g/mol. The number of thiophene rings is 1. The van der Waals surface area contributed by atoms with E-state index in [-0.39, 0.29) is 24.5 Å². The van der Waals surface area contributed by atoms with Crippen LogP contribution in [0, 0.1) is 5.92 Å². The molecule has 0 spiro atoms. The Kier molecular flexibility index (Phi) is 4.80. The molecule has 0 saturated heterocycles. The van der Waals surface area contributed by atoms with E-state index in [4.69, 9.17) is 11.6 Å². The lowest BCUT2D eigenvalue weighted by Gasteiger charge is -2.17. The van der Waals surface area contributed by atoms with Crippen LogP contribution in [0.1, 0.15) is 24.1 Å². The molecule has 1 aromatic rings. The first-order chi connectivity index (χ1) is 8.69. The lowest BCUT2D eigenvalue weighted by atomic mass is 10.1. The molecule has 0 aliphatic heterocycles. The van der Waals surface area contributed by atoms with Gasteiger partial charge in [0.25, 0.3) is 0 Å². The van der Waals surface area contributed by atoms with E-state index in [1.165, 1.54) is 17.4 Å². The van der Waals surface area contributed by atoms with E-state index in [0.717, 1.165) is 24.1 Å². The Morgan fingerprint density at radius 2 is 2.39 bits per heavy atom. The van der Waals surface area contributed by atoms with Gasteiger partial charge in [-0.05, 0) is 31.1 Å². The molecule has 18 heavy (non-hydrogen) atoms. The van der Waals surface area contributed by atoms with Crippen molar-refractivity contribution in [1.29, 1.82) is 0 Å². The summed E-state index contributed by atoms with van der Waals surface area (Å²) in [6.07, 6.45) is 6.30. The summed E-state index contributed by atoms with van der Waals surface area (Å²) in [7, 11) is 0. The molecule has 1 aliphatic carbocycles. The molecule has 2 unspecified atom stereocenters. The highest BCUT2D eigenvalue weighted by atomic mass is 35.5. The van der Waals surface area contributed by atoms with Crippen molar-refractivity contribution < 1.29 is 9.90 Å². The molecule has 1 aliphatic rings. The number of hydrogen-bond donors (Lipinski definition) is 2. The average Bonchev–Trinajstić information content (AvgIpc) is 2.95. The molecule has 5 heteroatoms. The van der Waals surface area contributed by atoms with Crippen LogP contribution >= 0.6 is 22.9 Å². The normalized spacial score (nSPS) is 23.7. The molecule has 1 heterocycles. The maximum Gasteiger partial charge on any atom is 0.244 e. The third-order valence-electron chi connectivity index (χ3n) is 3.21. The predicted octanol–water partition coefficient (Wildman–Crippen LogP) is 2.69. The highest BCUT2D eigenvalue weighted by Gasteiger charge is 2.27. The van der Waals surface area contributed by atoms with Crippen molar-refractivity contribution in [2.75, 3.05) is 6.61 Å². The van der Waals surface area contributed by atoms with Crippen LogP contribution in [0.4, 0.5) is 0 Å². The van der Waals surface area contributed by atoms with Gasteiger partial charge in [0, 0.05) is 29.5 Å². The first-order valence-corrected chi connectivity index (χ1v) is 7.23. The first-order valence-electron chi connectivity index (χ1n) is 6.04. The molecule has 0 aromatic carbocycles. The quantitative estimate of drug-likeness (QED) is 0.836. The van der Waals surface area contributed by atoms with Crippen molar-refractivity contribution in [3.05, 3.63) is 27.4 Å². The summed E-state index contributed by atoms with van der Waals surface area (Å²) in [5, 5.41) is 12.1. The Morgan fingerprint density at radius 3 is 3.06 bits per heavy atom. The van der Waals surface area contributed by atoms with Crippen LogP contribution in [0.25, 0.3) is 6.08 Å². The Hall–Kier alpha value is -0.840. The number of amides is 1. The number of carbonyl (C=O) groups is 1.